The van der Waals surface area contributed by atoms with E-state index < -0.39 is 0 Å². The quantitative estimate of drug-likeness (QED) is 0.379. The Morgan fingerprint density at radius 3 is 2.26 bits per heavy atom. The van der Waals surface area contributed by atoms with E-state index in [1.165, 1.54) is 42.5 Å². The molecule has 0 bridgehead atoms. The highest BCUT2D eigenvalue weighted by Crippen LogP contribution is 2.30. The Labute approximate surface area is 209 Å². The number of thiophene rings is 1. The molecule has 184 valence electrons. The predicted molar refractivity (Wildman–Crippen MR) is 140 cm³/mol. The fourth-order valence-electron chi connectivity index (χ4n) is 5.61. The molecular formula is C29H40N2O2S. The van der Waals surface area contributed by atoms with E-state index in [4.69, 9.17) is 0 Å². The van der Waals surface area contributed by atoms with Gasteiger partial charge in [0.25, 0.3) is 0 Å². The first-order valence-corrected chi connectivity index (χ1v) is 14.1. The SMILES string of the molecule is Cc1ccsc1CN(Cc1ccccc1)C(=O)CN(C(=O)CCC1CCCC1)C1CCCCC1. The molecule has 1 heterocycles. The zero-order valence-electron chi connectivity index (χ0n) is 20.7. The van der Waals surface area contributed by atoms with Crippen LogP contribution < -0.4 is 0 Å². The molecule has 1 aromatic carbocycles. The van der Waals surface area contributed by atoms with E-state index in [0.29, 0.717) is 25.4 Å². The molecule has 5 heteroatoms. The summed E-state index contributed by atoms with van der Waals surface area (Å²) < 4.78 is 0. The van der Waals surface area contributed by atoms with Gasteiger partial charge in [0.1, 0.15) is 6.54 Å². The molecule has 4 rings (SSSR count). The normalized spacial score (nSPS) is 17.1. The Kier molecular flexibility index (Phi) is 9.20. The fraction of sp³-hybridized carbons (Fsp3) is 0.586. The van der Waals surface area contributed by atoms with E-state index in [9.17, 15) is 9.59 Å². The van der Waals surface area contributed by atoms with Crippen LogP contribution in [-0.4, -0.2) is 34.2 Å². The highest BCUT2D eigenvalue weighted by Gasteiger charge is 2.30. The van der Waals surface area contributed by atoms with Gasteiger partial charge in [-0.1, -0.05) is 75.3 Å². The maximum Gasteiger partial charge on any atom is 0.242 e. The van der Waals surface area contributed by atoms with E-state index in [1.807, 2.05) is 28.0 Å². The molecule has 2 saturated carbocycles. The molecular weight excluding hydrogens is 440 g/mol. The van der Waals surface area contributed by atoms with Crippen LogP contribution in [0.1, 0.15) is 86.6 Å². The Morgan fingerprint density at radius 1 is 0.882 bits per heavy atom. The summed E-state index contributed by atoms with van der Waals surface area (Å²) in [5.41, 5.74) is 2.36. The molecule has 0 saturated heterocycles. The van der Waals surface area contributed by atoms with Crippen molar-refractivity contribution in [3.05, 3.63) is 57.8 Å². The number of benzene rings is 1. The van der Waals surface area contributed by atoms with E-state index in [1.54, 1.807) is 11.3 Å². The topological polar surface area (TPSA) is 40.6 Å². The van der Waals surface area contributed by atoms with E-state index in [2.05, 4.69) is 30.5 Å². The van der Waals surface area contributed by atoms with E-state index in [0.717, 1.165) is 37.7 Å². The molecule has 2 amide bonds. The van der Waals surface area contributed by atoms with Crippen molar-refractivity contribution in [3.63, 3.8) is 0 Å². The number of rotatable bonds is 10. The van der Waals surface area contributed by atoms with Gasteiger partial charge in [-0.3, -0.25) is 9.59 Å². The number of amides is 2. The number of hydrogen-bond acceptors (Lipinski definition) is 3. The summed E-state index contributed by atoms with van der Waals surface area (Å²) in [5.74, 6) is 0.958. The molecule has 2 fully saturated rings. The van der Waals surface area contributed by atoms with Crippen molar-refractivity contribution in [1.82, 2.24) is 9.80 Å². The van der Waals surface area contributed by atoms with Crippen molar-refractivity contribution in [2.24, 2.45) is 5.92 Å². The average Bonchev–Trinajstić information content (AvgIpc) is 3.53. The summed E-state index contributed by atoms with van der Waals surface area (Å²) >= 11 is 1.71. The largest absolute Gasteiger partial charge is 0.332 e. The lowest BCUT2D eigenvalue weighted by Gasteiger charge is -2.36. The van der Waals surface area contributed by atoms with Gasteiger partial charge in [-0.2, -0.15) is 0 Å². The number of carbonyl (C=O) groups excluding carboxylic acids is 2. The zero-order valence-corrected chi connectivity index (χ0v) is 21.5. The lowest BCUT2D eigenvalue weighted by molar-refractivity contribution is -0.144. The van der Waals surface area contributed by atoms with Gasteiger partial charge in [0.05, 0.1) is 6.54 Å². The molecule has 34 heavy (non-hydrogen) atoms. The van der Waals surface area contributed by atoms with Crippen molar-refractivity contribution in [2.75, 3.05) is 6.54 Å². The minimum Gasteiger partial charge on any atom is -0.332 e. The third kappa shape index (κ3) is 6.94. The van der Waals surface area contributed by atoms with Crippen LogP contribution >= 0.6 is 11.3 Å². The molecule has 2 aliphatic carbocycles. The van der Waals surface area contributed by atoms with Gasteiger partial charge in [-0.05, 0) is 54.7 Å². The molecule has 2 aliphatic rings. The Morgan fingerprint density at radius 2 is 1.59 bits per heavy atom. The molecule has 0 unspecified atom stereocenters. The van der Waals surface area contributed by atoms with Crippen LogP contribution in [0.15, 0.2) is 41.8 Å². The van der Waals surface area contributed by atoms with Gasteiger partial charge >= 0.3 is 0 Å². The molecule has 0 atom stereocenters. The van der Waals surface area contributed by atoms with Crippen LogP contribution in [0, 0.1) is 12.8 Å². The van der Waals surface area contributed by atoms with Crippen LogP contribution in [0.4, 0.5) is 0 Å². The maximum absolute atomic E-state index is 13.7. The Hall–Kier alpha value is -2.14. The summed E-state index contributed by atoms with van der Waals surface area (Å²) in [6.45, 7) is 3.50. The number of hydrogen-bond donors (Lipinski definition) is 0. The summed E-state index contributed by atoms with van der Waals surface area (Å²) in [4.78, 5) is 32.3. The van der Waals surface area contributed by atoms with Crippen molar-refractivity contribution >= 4 is 23.2 Å². The fourth-order valence-corrected chi connectivity index (χ4v) is 6.53. The van der Waals surface area contributed by atoms with Crippen molar-refractivity contribution in [1.29, 1.82) is 0 Å². The Balaban J connectivity index is 1.48. The lowest BCUT2D eigenvalue weighted by atomic mass is 9.93. The van der Waals surface area contributed by atoms with Gasteiger partial charge in [-0.15, -0.1) is 11.3 Å². The van der Waals surface area contributed by atoms with Crippen molar-refractivity contribution in [3.8, 4) is 0 Å². The average molecular weight is 481 g/mol. The second-order valence-electron chi connectivity index (χ2n) is 10.3. The van der Waals surface area contributed by atoms with Crippen LogP contribution in [0.5, 0.6) is 0 Å². The number of aryl methyl sites for hydroxylation is 1. The molecule has 1 aromatic heterocycles. The zero-order chi connectivity index (χ0) is 23.8. The summed E-state index contributed by atoms with van der Waals surface area (Å²) in [7, 11) is 0. The number of nitrogens with zero attached hydrogens (tertiary/aromatic N) is 2. The second kappa shape index (κ2) is 12.5. The predicted octanol–water partition coefficient (Wildman–Crippen LogP) is 6.72. The number of carbonyl (C=O) groups is 2. The highest BCUT2D eigenvalue weighted by atomic mass is 32.1. The van der Waals surface area contributed by atoms with Crippen molar-refractivity contribution in [2.45, 2.75) is 96.7 Å². The molecule has 4 nitrogen and oxygen atoms in total. The third-order valence-corrected chi connectivity index (χ3v) is 8.76. The van der Waals surface area contributed by atoms with E-state index >= 15 is 0 Å². The van der Waals surface area contributed by atoms with Gasteiger partial charge in [0, 0.05) is 23.9 Å². The molecule has 0 spiro atoms. The minimum atomic E-state index is 0.0662. The molecule has 0 radical (unpaired) electrons. The van der Waals surface area contributed by atoms with E-state index in [-0.39, 0.29) is 24.4 Å². The van der Waals surface area contributed by atoms with Crippen LogP contribution in [-0.2, 0) is 22.7 Å². The van der Waals surface area contributed by atoms with Gasteiger partial charge in [0.15, 0.2) is 0 Å². The van der Waals surface area contributed by atoms with Gasteiger partial charge < -0.3 is 9.80 Å². The first-order chi connectivity index (χ1) is 16.6. The molecule has 2 aromatic rings. The van der Waals surface area contributed by atoms with Crippen molar-refractivity contribution < 1.29 is 9.59 Å². The minimum absolute atomic E-state index is 0.0662. The second-order valence-corrected chi connectivity index (χ2v) is 11.3. The standard InChI is InChI=1S/C29H40N2O2S/c1-23-18-19-34-27(23)21-30(20-25-12-4-2-5-13-25)29(33)22-31(26-14-6-3-7-15-26)28(32)17-16-24-10-8-9-11-24/h2,4-5,12-13,18-19,24,26H,3,6-11,14-17,20-22H2,1H3. The summed E-state index contributed by atoms with van der Waals surface area (Å²) in [6, 6.07) is 12.5. The van der Waals surface area contributed by atoms with Gasteiger partial charge in [0.2, 0.25) is 11.8 Å². The third-order valence-electron chi connectivity index (χ3n) is 7.75. The Bertz CT molecular complexity index is 913. The highest BCUT2D eigenvalue weighted by molar-refractivity contribution is 7.10. The van der Waals surface area contributed by atoms with Gasteiger partial charge in [-0.25, -0.2) is 0 Å². The van der Waals surface area contributed by atoms with Crippen LogP contribution in [0.3, 0.4) is 0 Å². The summed E-state index contributed by atoms with van der Waals surface area (Å²) in [5, 5.41) is 2.09. The first-order valence-electron chi connectivity index (χ1n) is 13.2. The smallest absolute Gasteiger partial charge is 0.242 e. The lowest BCUT2D eigenvalue weighted by Crippen LogP contribution is -2.48. The van der Waals surface area contributed by atoms with Crippen LogP contribution in [0.2, 0.25) is 0 Å². The van der Waals surface area contributed by atoms with Crippen LogP contribution in [0.25, 0.3) is 0 Å². The summed E-state index contributed by atoms with van der Waals surface area (Å²) in [6.07, 6.45) is 12.3. The monoisotopic (exact) mass is 480 g/mol. The first kappa shape index (κ1) is 25.0. The molecule has 0 aliphatic heterocycles. The molecule has 0 N–H and O–H groups in total. The maximum atomic E-state index is 13.7.